The number of aliphatic hydroxyl groups excluding tert-OH is 1. The highest BCUT2D eigenvalue weighted by atomic mass is 16.5. The summed E-state index contributed by atoms with van der Waals surface area (Å²) in [6, 6.07) is 7.71. The molecule has 2 aromatic heterocycles. The molecule has 11 heteroatoms. The maximum Gasteiger partial charge on any atom is 0.258 e. The van der Waals surface area contributed by atoms with Crippen LogP contribution in [0.4, 0.5) is 11.4 Å². The van der Waals surface area contributed by atoms with E-state index >= 15 is 0 Å². The first-order chi connectivity index (χ1) is 20.8. The molecule has 4 heterocycles. The third-order valence-electron chi connectivity index (χ3n) is 7.91. The van der Waals surface area contributed by atoms with Gasteiger partial charge in [0.1, 0.15) is 18.2 Å². The van der Waals surface area contributed by atoms with Crippen LogP contribution in [0.2, 0.25) is 0 Å². The number of nitrogens with zero attached hydrogens (tertiary/aromatic N) is 2. The summed E-state index contributed by atoms with van der Waals surface area (Å²) in [6.07, 6.45) is 3.47. The van der Waals surface area contributed by atoms with E-state index in [1.807, 2.05) is 26.2 Å². The van der Waals surface area contributed by atoms with Gasteiger partial charge < -0.3 is 39.8 Å². The summed E-state index contributed by atoms with van der Waals surface area (Å²) in [6.45, 7) is 2.59. The molecule has 0 unspecified atom stereocenters. The molecular formula is C32H41N5O6. The maximum absolute atomic E-state index is 12.8. The van der Waals surface area contributed by atoms with Crippen LogP contribution >= 0.6 is 0 Å². The molecule has 0 saturated heterocycles. The van der Waals surface area contributed by atoms with E-state index < -0.39 is 0 Å². The Kier molecular flexibility index (Phi) is 9.24. The van der Waals surface area contributed by atoms with Crippen molar-refractivity contribution >= 4 is 33.2 Å². The van der Waals surface area contributed by atoms with E-state index in [2.05, 4.69) is 26.6 Å². The van der Waals surface area contributed by atoms with E-state index in [4.69, 9.17) is 14.2 Å². The van der Waals surface area contributed by atoms with Crippen molar-refractivity contribution in [1.82, 2.24) is 14.5 Å². The highest BCUT2D eigenvalue weighted by Crippen LogP contribution is 2.37. The van der Waals surface area contributed by atoms with Gasteiger partial charge in [-0.2, -0.15) is 0 Å². The van der Waals surface area contributed by atoms with Crippen LogP contribution in [0, 0.1) is 0 Å². The molecule has 6 rings (SSSR count). The first-order valence-corrected chi connectivity index (χ1v) is 14.6. The summed E-state index contributed by atoms with van der Waals surface area (Å²) < 4.78 is 17.9. The number of fused-ring (bicyclic) bond motifs is 6. The molecule has 2 aliphatic heterocycles. The third-order valence-corrected chi connectivity index (χ3v) is 7.91. The quantitative estimate of drug-likeness (QED) is 0.255. The van der Waals surface area contributed by atoms with Crippen LogP contribution in [0.3, 0.4) is 0 Å². The summed E-state index contributed by atoms with van der Waals surface area (Å²) >= 11 is 0. The Labute approximate surface area is 250 Å². The zero-order valence-electron chi connectivity index (χ0n) is 25.6. The van der Waals surface area contributed by atoms with Gasteiger partial charge in [0.2, 0.25) is 0 Å². The fourth-order valence-corrected chi connectivity index (χ4v) is 6.09. The molecule has 43 heavy (non-hydrogen) atoms. The molecule has 0 amide bonds. The maximum atomic E-state index is 12.8. The zero-order valence-corrected chi connectivity index (χ0v) is 25.6. The van der Waals surface area contributed by atoms with Crippen molar-refractivity contribution in [1.29, 1.82) is 0 Å². The van der Waals surface area contributed by atoms with Crippen LogP contribution in [-0.2, 0) is 37.5 Å². The molecule has 4 aromatic rings. The summed E-state index contributed by atoms with van der Waals surface area (Å²) in [5, 5.41) is 18.0. The third kappa shape index (κ3) is 5.93. The van der Waals surface area contributed by atoms with E-state index in [0.29, 0.717) is 16.8 Å². The number of anilines is 2. The number of rotatable bonds is 7. The van der Waals surface area contributed by atoms with Gasteiger partial charge in [0.15, 0.2) is 0 Å². The minimum Gasteiger partial charge on any atom is -0.496 e. The van der Waals surface area contributed by atoms with Gasteiger partial charge in [0.25, 0.3) is 11.1 Å². The smallest absolute Gasteiger partial charge is 0.258 e. The van der Waals surface area contributed by atoms with Crippen LogP contribution in [0.15, 0.2) is 33.9 Å². The first-order valence-electron chi connectivity index (χ1n) is 14.6. The molecular weight excluding hydrogens is 550 g/mol. The van der Waals surface area contributed by atoms with Gasteiger partial charge in [0.05, 0.1) is 54.0 Å². The van der Waals surface area contributed by atoms with Gasteiger partial charge in [-0.15, -0.1) is 0 Å². The molecule has 2 aromatic carbocycles. The number of benzene rings is 2. The van der Waals surface area contributed by atoms with Crippen LogP contribution in [0.1, 0.15) is 35.1 Å². The number of ether oxygens (including phenoxy) is 3. The minimum absolute atomic E-state index is 0.00811. The van der Waals surface area contributed by atoms with Crippen molar-refractivity contribution < 1.29 is 19.3 Å². The molecule has 0 fully saturated rings. The largest absolute Gasteiger partial charge is 0.496 e. The van der Waals surface area contributed by atoms with Crippen molar-refractivity contribution in [2.75, 3.05) is 59.1 Å². The summed E-state index contributed by atoms with van der Waals surface area (Å²) in [5.74, 6) is 1.46. The van der Waals surface area contributed by atoms with Crippen LogP contribution in [-0.4, -0.2) is 68.1 Å². The van der Waals surface area contributed by atoms with Crippen molar-refractivity contribution in [2.24, 2.45) is 0 Å². The Morgan fingerprint density at radius 3 is 2.12 bits per heavy atom. The second-order valence-electron chi connectivity index (χ2n) is 11.2. The van der Waals surface area contributed by atoms with E-state index in [1.165, 1.54) is 0 Å². The standard InChI is InChI=1S/C16H21N3O2.C16H20N2O4/c1-19(2)9-10-7-12-14(13(8-10)21-3)15-11(16(20)18-12)5-4-6-17-15;1-21-9-18-12-6-10(8-19)7-13(22-2)14(12)15-11(16(18)20)4-3-5-17-15/h7-8,17H,4-6,9H2,1-3H3,(H,18,20);6-7,17,19H,3-5,8-9H2,1-2H3. The number of hydrogen-bond donors (Lipinski definition) is 4. The number of nitrogens with one attached hydrogen (secondary N) is 3. The number of aromatic amines is 1. The molecule has 0 saturated carbocycles. The van der Waals surface area contributed by atoms with Gasteiger partial charge >= 0.3 is 0 Å². The lowest BCUT2D eigenvalue weighted by atomic mass is 9.99. The highest BCUT2D eigenvalue weighted by Gasteiger charge is 2.23. The van der Waals surface area contributed by atoms with Gasteiger partial charge in [-0.25, -0.2) is 0 Å². The summed E-state index contributed by atoms with van der Waals surface area (Å²) in [4.78, 5) is 30.1. The number of hydrogen-bond acceptors (Lipinski definition) is 9. The predicted molar refractivity (Wildman–Crippen MR) is 170 cm³/mol. The average Bonchev–Trinajstić information content (AvgIpc) is 3.02. The van der Waals surface area contributed by atoms with Gasteiger partial charge in [-0.1, -0.05) is 0 Å². The lowest BCUT2D eigenvalue weighted by molar-refractivity contribution is 0.131. The number of aromatic nitrogens is 2. The lowest BCUT2D eigenvalue weighted by Gasteiger charge is -2.23. The predicted octanol–water partition coefficient (Wildman–Crippen LogP) is 3.42. The molecule has 2 aliphatic rings. The van der Waals surface area contributed by atoms with E-state index in [0.717, 1.165) is 95.4 Å². The summed E-state index contributed by atoms with van der Waals surface area (Å²) in [7, 11) is 8.87. The molecule has 11 nitrogen and oxygen atoms in total. The topological polar surface area (TPSA) is 130 Å². The second kappa shape index (κ2) is 13.1. The Morgan fingerprint density at radius 2 is 1.49 bits per heavy atom. The Morgan fingerprint density at radius 1 is 0.860 bits per heavy atom. The zero-order chi connectivity index (χ0) is 30.7. The number of aliphatic hydroxyl groups is 1. The van der Waals surface area contributed by atoms with Crippen LogP contribution in [0.25, 0.3) is 21.8 Å². The molecule has 0 radical (unpaired) electrons. The first kappa shape index (κ1) is 30.4. The van der Waals surface area contributed by atoms with Crippen LogP contribution in [0.5, 0.6) is 11.5 Å². The fourth-order valence-electron chi connectivity index (χ4n) is 6.09. The molecule has 230 valence electrons. The lowest BCUT2D eigenvalue weighted by Crippen LogP contribution is -2.29. The van der Waals surface area contributed by atoms with Crippen molar-refractivity contribution in [3.63, 3.8) is 0 Å². The minimum atomic E-state index is -0.113. The number of H-pyrrole nitrogens is 1. The SMILES string of the molecule is COCn1c(=O)c2c(c3c(OC)cc(CO)cc31)NCCC2.COc1cc(CN(C)C)cc2[nH]c(=O)c3c(c12)NCCC3. The molecule has 4 N–H and O–H groups in total. The normalized spacial score (nSPS) is 13.9. The van der Waals surface area contributed by atoms with E-state index in [1.54, 1.807) is 32.0 Å². The molecule has 0 aliphatic carbocycles. The fraction of sp³-hybridized carbons (Fsp3) is 0.438. The van der Waals surface area contributed by atoms with Crippen molar-refractivity contribution in [3.8, 4) is 11.5 Å². The second-order valence-corrected chi connectivity index (χ2v) is 11.2. The summed E-state index contributed by atoms with van der Waals surface area (Å²) in [5.41, 5.74) is 6.72. The monoisotopic (exact) mass is 591 g/mol. The van der Waals surface area contributed by atoms with E-state index in [9.17, 15) is 14.7 Å². The van der Waals surface area contributed by atoms with Crippen molar-refractivity contribution in [2.45, 2.75) is 45.6 Å². The Bertz CT molecular complexity index is 1760. The highest BCUT2D eigenvalue weighted by molar-refractivity contribution is 5.99. The Hall–Kier alpha value is -4.06. The Balaban J connectivity index is 0.000000171. The van der Waals surface area contributed by atoms with Crippen molar-refractivity contribution in [3.05, 3.63) is 67.2 Å². The van der Waals surface area contributed by atoms with Gasteiger partial charge in [-0.3, -0.25) is 14.2 Å². The average molecular weight is 592 g/mol. The van der Waals surface area contributed by atoms with E-state index in [-0.39, 0.29) is 24.5 Å². The van der Waals surface area contributed by atoms with Gasteiger partial charge in [-0.05, 0) is 75.2 Å². The number of pyridine rings is 2. The van der Waals surface area contributed by atoms with Crippen LogP contribution < -0.4 is 31.2 Å². The van der Waals surface area contributed by atoms with Gasteiger partial charge in [0, 0.05) is 37.9 Å². The molecule has 0 spiro atoms. The molecule has 0 atom stereocenters. The molecule has 0 bridgehead atoms. The number of methoxy groups -OCH3 is 3.